The van der Waals surface area contributed by atoms with Crippen LogP contribution in [0.1, 0.15) is 44.9 Å². The van der Waals surface area contributed by atoms with Crippen LogP contribution in [0.4, 0.5) is 0 Å². The average molecular weight is 282 g/mol. The minimum absolute atomic E-state index is 0.173. The highest BCUT2D eigenvalue weighted by Gasteiger charge is 2.26. The summed E-state index contributed by atoms with van der Waals surface area (Å²) < 4.78 is 7.09. The molecule has 0 saturated carbocycles. The molecule has 1 aliphatic rings. The molecule has 2 rings (SSSR count). The molecule has 1 fully saturated rings. The number of aromatic nitrogens is 4. The molecule has 7 heteroatoms. The van der Waals surface area contributed by atoms with Gasteiger partial charge in [-0.1, -0.05) is 13.8 Å². The molecule has 0 aliphatic carbocycles. The van der Waals surface area contributed by atoms with Crippen LogP contribution >= 0.6 is 0 Å². The molecule has 1 N–H and O–H groups in total. The van der Waals surface area contributed by atoms with E-state index >= 15 is 0 Å². The van der Waals surface area contributed by atoms with E-state index in [9.17, 15) is 9.90 Å². The lowest BCUT2D eigenvalue weighted by Gasteiger charge is -2.22. The first-order valence-corrected chi connectivity index (χ1v) is 7.14. The number of nitrogens with zero attached hydrogens (tertiary/aromatic N) is 4. The van der Waals surface area contributed by atoms with Gasteiger partial charge in [0, 0.05) is 12.5 Å². The molecule has 2 atom stereocenters. The average Bonchev–Trinajstić information content (AvgIpc) is 2.86. The number of tetrazole rings is 1. The quantitative estimate of drug-likeness (QED) is 0.846. The standard InChI is InChI=1S/C13H22N4O3/c1-9(2)6-11(13(18)19)7-17-12(14-15-16-17)10-4-3-5-20-8-10/h9-11H,3-8H2,1-2H3,(H,18,19). The van der Waals surface area contributed by atoms with Crippen molar-refractivity contribution in [1.29, 1.82) is 0 Å². The topological polar surface area (TPSA) is 90.1 Å². The fourth-order valence-corrected chi connectivity index (χ4v) is 2.61. The van der Waals surface area contributed by atoms with Crippen molar-refractivity contribution >= 4 is 5.97 Å². The van der Waals surface area contributed by atoms with Crippen LogP contribution in [0.25, 0.3) is 0 Å². The molecular formula is C13H22N4O3. The van der Waals surface area contributed by atoms with Gasteiger partial charge in [0.2, 0.25) is 0 Å². The number of carboxylic acids is 1. The summed E-state index contributed by atoms with van der Waals surface area (Å²) in [6.45, 7) is 5.76. The first kappa shape index (κ1) is 14.9. The molecule has 0 bridgehead atoms. The van der Waals surface area contributed by atoms with Crippen molar-refractivity contribution < 1.29 is 14.6 Å². The molecule has 1 aromatic heterocycles. The molecule has 1 aliphatic heterocycles. The Labute approximate surface area is 118 Å². The van der Waals surface area contributed by atoms with Gasteiger partial charge < -0.3 is 9.84 Å². The monoisotopic (exact) mass is 282 g/mol. The maximum atomic E-state index is 11.3. The normalized spacial score (nSPS) is 21.1. The maximum absolute atomic E-state index is 11.3. The number of aliphatic carboxylic acids is 1. The van der Waals surface area contributed by atoms with E-state index in [4.69, 9.17) is 4.74 Å². The van der Waals surface area contributed by atoms with E-state index in [0.29, 0.717) is 25.5 Å². The lowest BCUT2D eigenvalue weighted by atomic mass is 9.96. The van der Waals surface area contributed by atoms with E-state index in [1.807, 2.05) is 13.8 Å². The summed E-state index contributed by atoms with van der Waals surface area (Å²) in [6.07, 6.45) is 2.60. The third-order valence-electron chi connectivity index (χ3n) is 3.58. The van der Waals surface area contributed by atoms with E-state index < -0.39 is 11.9 Å². The van der Waals surface area contributed by atoms with Gasteiger partial charge >= 0.3 is 5.97 Å². The minimum Gasteiger partial charge on any atom is -0.481 e. The van der Waals surface area contributed by atoms with Crippen molar-refractivity contribution in [2.24, 2.45) is 11.8 Å². The van der Waals surface area contributed by atoms with E-state index in [0.717, 1.165) is 25.3 Å². The Morgan fingerprint density at radius 2 is 2.35 bits per heavy atom. The maximum Gasteiger partial charge on any atom is 0.308 e. The number of hydrogen-bond acceptors (Lipinski definition) is 5. The van der Waals surface area contributed by atoms with Crippen LogP contribution in [0.3, 0.4) is 0 Å². The highest BCUT2D eigenvalue weighted by atomic mass is 16.5. The Bertz CT molecular complexity index is 441. The smallest absolute Gasteiger partial charge is 0.308 e. The van der Waals surface area contributed by atoms with Gasteiger partial charge in [0.1, 0.15) is 0 Å². The highest BCUT2D eigenvalue weighted by Crippen LogP contribution is 2.24. The van der Waals surface area contributed by atoms with Gasteiger partial charge in [-0.25, -0.2) is 4.68 Å². The van der Waals surface area contributed by atoms with Gasteiger partial charge in [-0.2, -0.15) is 0 Å². The van der Waals surface area contributed by atoms with Crippen LogP contribution in [0, 0.1) is 11.8 Å². The summed E-state index contributed by atoms with van der Waals surface area (Å²) in [5.41, 5.74) is 0. The third kappa shape index (κ3) is 3.75. The van der Waals surface area contributed by atoms with Gasteiger partial charge in [0.25, 0.3) is 0 Å². The predicted molar refractivity (Wildman–Crippen MR) is 71.2 cm³/mol. The summed E-state index contributed by atoms with van der Waals surface area (Å²) in [7, 11) is 0. The molecule has 20 heavy (non-hydrogen) atoms. The van der Waals surface area contributed by atoms with Crippen LogP contribution in [0.2, 0.25) is 0 Å². The van der Waals surface area contributed by atoms with E-state index in [1.165, 1.54) is 0 Å². The lowest BCUT2D eigenvalue weighted by Crippen LogP contribution is -2.26. The summed E-state index contributed by atoms with van der Waals surface area (Å²) in [6, 6.07) is 0. The first-order valence-electron chi connectivity index (χ1n) is 7.14. The molecule has 112 valence electrons. The Morgan fingerprint density at radius 1 is 1.55 bits per heavy atom. The molecule has 2 heterocycles. The summed E-state index contributed by atoms with van der Waals surface area (Å²) in [5.74, 6) is 0.00259. The molecule has 1 aromatic rings. The third-order valence-corrected chi connectivity index (χ3v) is 3.58. The Hall–Kier alpha value is -1.50. The zero-order valence-corrected chi connectivity index (χ0v) is 12.0. The number of ether oxygens (including phenoxy) is 1. The molecular weight excluding hydrogens is 260 g/mol. The van der Waals surface area contributed by atoms with E-state index in [1.54, 1.807) is 4.68 Å². The Morgan fingerprint density at radius 3 is 2.95 bits per heavy atom. The lowest BCUT2D eigenvalue weighted by molar-refractivity contribution is -0.142. The van der Waals surface area contributed by atoms with Crippen LogP contribution in [-0.4, -0.2) is 44.5 Å². The van der Waals surface area contributed by atoms with Gasteiger partial charge in [-0.15, -0.1) is 5.10 Å². The SMILES string of the molecule is CC(C)CC(Cn1nnnc1C1CCCOC1)C(=O)O. The van der Waals surface area contributed by atoms with Crippen LogP contribution in [0.5, 0.6) is 0 Å². The highest BCUT2D eigenvalue weighted by molar-refractivity contribution is 5.69. The zero-order chi connectivity index (χ0) is 14.5. The van der Waals surface area contributed by atoms with E-state index in [-0.39, 0.29) is 5.92 Å². The summed E-state index contributed by atoms with van der Waals surface area (Å²) >= 11 is 0. The van der Waals surface area contributed by atoms with Gasteiger partial charge in [-0.3, -0.25) is 4.79 Å². The van der Waals surface area contributed by atoms with Crippen molar-refractivity contribution in [3.05, 3.63) is 5.82 Å². The number of rotatable bonds is 6. The first-order chi connectivity index (χ1) is 9.58. The second-order valence-corrected chi connectivity index (χ2v) is 5.80. The second kappa shape index (κ2) is 6.78. The van der Waals surface area contributed by atoms with Gasteiger partial charge in [0.05, 0.1) is 19.1 Å². The number of carbonyl (C=O) groups is 1. The Balaban J connectivity index is 2.08. The van der Waals surface area contributed by atoms with Gasteiger partial charge in [0.15, 0.2) is 5.82 Å². The van der Waals surface area contributed by atoms with Crippen LogP contribution in [0.15, 0.2) is 0 Å². The second-order valence-electron chi connectivity index (χ2n) is 5.80. The molecule has 7 nitrogen and oxygen atoms in total. The van der Waals surface area contributed by atoms with Gasteiger partial charge in [-0.05, 0) is 35.6 Å². The predicted octanol–water partition coefficient (Wildman–Crippen LogP) is 1.31. The molecule has 0 spiro atoms. The number of carboxylic acid groups (broad SMARTS) is 1. The molecule has 1 saturated heterocycles. The molecule has 2 unspecified atom stereocenters. The fraction of sp³-hybridized carbons (Fsp3) is 0.846. The summed E-state index contributed by atoms with van der Waals surface area (Å²) in [5, 5.41) is 21.0. The van der Waals surface area contributed by atoms with Crippen molar-refractivity contribution in [3.8, 4) is 0 Å². The fourth-order valence-electron chi connectivity index (χ4n) is 2.61. The van der Waals surface area contributed by atoms with E-state index in [2.05, 4.69) is 15.5 Å². The van der Waals surface area contributed by atoms with Crippen LogP contribution < -0.4 is 0 Å². The number of hydrogen-bond donors (Lipinski definition) is 1. The minimum atomic E-state index is -0.792. The summed E-state index contributed by atoms with van der Waals surface area (Å²) in [4.78, 5) is 11.3. The molecule has 0 radical (unpaired) electrons. The zero-order valence-electron chi connectivity index (χ0n) is 12.0. The largest absolute Gasteiger partial charge is 0.481 e. The van der Waals surface area contributed by atoms with Crippen molar-refractivity contribution in [2.75, 3.05) is 13.2 Å². The van der Waals surface area contributed by atoms with Crippen molar-refractivity contribution in [2.45, 2.75) is 45.6 Å². The van der Waals surface area contributed by atoms with Crippen molar-refractivity contribution in [3.63, 3.8) is 0 Å². The Kier molecular flexibility index (Phi) is 5.05. The van der Waals surface area contributed by atoms with Crippen LogP contribution in [-0.2, 0) is 16.1 Å². The molecule has 0 amide bonds. The van der Waals surface area contributed by atoms with Crippen molar-refractivity contribution in [1.82, 2.24) is 20.2 Å². The molecule has 0 aromatic carbocycles.